The predicted molar refractivity (Wildman–Crippen MR) is 80.7 cm³/mol. The number of carboxylic acids is 1. The van der Waals surface area contributed by atoms with Gasteiger partial charge in [-0.05, 0) is 36.8 Å². The third kappa shape index (κ3) is 3.61. The molecule has 0 spiro atoms. The molecule has 2 N–H and O–H groups in total. The summed E-state index contributed by atoms with van der Waals surface area (Å²) in [7, 11) is 0. The first-order valence-corrected chi connectivity index (χ1v) is 6.75. The summed E-state index contributed by atoms with van der Waals surface area (Å²) in [6, 6.07) is 13.0. The van der Waals surface area contributed by atoms with Gasteiger partial charge in [0.05, 0.1) is 17.2 Å². The molecule has 0 heterocycles. The highest BCUT2D eigenvalue weighted by atomic mass is 35.5. The Bertz CT molecular complexity index is 667. The first-order valence-electron chi connectivity index (χ1n) is 6.37. The van der Waals surface area contributed by atoms with Gasteiger partial charge in [-0.1, -0.05) is 35.9 Å². The maximum atomic E-state index is 12.2. The van der Waals surface area contributed by atoms with Crippen molar-refractivity contribution in [2.75, 3.05) is 0 Å². The van der Waals surface area contributed by atoms with Gasteiger partial charge >= 0.3 is 5.97 Å². The molecule has 5 heteroatoms. The Morgan fingerprint density at radius 2 is 1.62 bits per heavy atom. The van der Waals surface area contributed by atoms with E-state index in [-0.39, 0.29) is 17.2 Å². The third-order valence-corrected chi connectivity index (χ3v) is 3.37. The normalized spacial score (nSPS) is 11.7. The summed E-state index contributed by atoms with van der Waals surface area (Å²) >= 11 is 5.82. The average Bonchev–Trinajstić information content (AvgIpc) is 2.47. The molecule has 2 aromatic rings. The Morgan fingerprint density at radius 1 is 1.05 bits per heavy atom. The van der Waals surface area contributed by atoms with Crippen molar-refractivity contribution in [1.82, 2.24) is 5.32 Å². The van der Waals surface area contributed by atoms with Crippen LogP contribution in [0.4, 0.5) is 0 Å². The third-order valence-electron chi connectivity index (χ3n) is 3.12. The summed E-state index contributed by atoms with van der Waals surface area (Å²) in [6.45, 7) is 1.82. The van der Waals surface area contributed by atoms with Crippen LogP contribution in [0.25, 0.3) is 0 Å². The van der Waals surface area contributed by atoms with E-state index in [2.05, 4.69) is 5.32 Å². The Labute approximate surface area is 127 Å². The first-order chi connectivity index (χ1) is 9.99. The number of hydrogen-bond acceptors (Lipinski definition) is 2. The summed E-state index contributed by atoms with van der Waals surface area (Å²) < 4.78 is 0. The molecule has 1 atom stereocenters. The first kappa shape index (κ1) is 15.1. The molecule has 0 saturated heterocycles. The molecule has 2 aromatic carbocycles. The zero-order valence-electron chi connectivity index (χ0n) is 11.3. The zero-order chi connectivity index (χ0) is 15.4. The van der Waals surface area contributed by atoms with Crippen LogP contribution >= 0.6 is 11.6 Å². The van der Waals surface area contributed by atoms with Gasteiger partial charge in [-0.2, -0.15) is 0 Å². The zero-order valence-corrected chi connectivity index (χ0v) is 12.1. The number of benzene rings is 2. The molecular weight excluding hydrogens is 290 g/mol. The minimum Gasteiger partial charge on any atom is -0.478 e. The van der Waals surface area contributed by atoms with Crippen LogP contribution in [0.3, 0.4) is 0 Å². The van der Waals surface area contributed by atoms with Gasteiger partial charge in [0, 0.05) is 5.02 Å². The Balaban J connectivity index is 2.18. The van der Waals surface area contributed by atoms with E-state index in [1.54, 1.807) is 24.3 Å². The number of aromatic carboxylic acids is 1. The molecule has 0 bridgehead atoms. The number of amides is 1. The molecular formula is C16H14ClNO3. The number of hydrogen-bond donors (Lipinski definition) is 2. The SMILES string of the molecule is CC(NC(=O)c1ccccc1C(=O)O)c1ccc(Cl)cc1. The van der Waals surface area contributed by atoms with E-state index in [1.165, 1.54) is 12.1 Å². The topological polar surface area (TPSA) is 66.4 Å². The number of carbonyl (C=O) groups is 2. The van der Waals surface area contributed by atoms with Crippen LogP contribution in [0.1, 0.15) is 39.2 Å². The smallest absolute Gasteiger partial charge is 0.336 e. The van der Waals surface area contributed by atoms with Gasteiger partial charge in [-0.25, -0.2) is 4.79 Å². The van der Waals surface area contributed by atoms with Gasteiger partial charge in [-0.3, -0.25) is 4.79 Å². The van der Waals surface area contributed by atoms with Gasteiger partial charge in [0.15, 0.2) is 0 Å². The van der Waals surface area contributed by atoms with Crippen molar-refractivity contribution in [3.8, 4) is 0 Å². The predicted octanol–water partition coefficient (Wildman–Crippen LogP) is 3.53. The molecule has 1 amide bonds. The fourth-order valence-corrected chi connectivity index (χ4v) is 2.10. The molecule has 1 unspecified atom stereocenters. The Kier molecular flexibility index (Phi) is 4.60. The second-order valence-corrected chi connectivity index (χ2v) is 5.03. The molecule has 0 radical (unpaired) electrons. The highest BCUT2D eigenvalue weighted by molar-refractivity contribution is 6.30. The molecule has 4 nitrogen and oxygen atoms in total. The lowest BCUT2D eigenvalue weighted by molar-refractivity contribution is 0.0690. The standard InChI is InChI=1S/C16H14ClNO3/c1-10(11-6-8-12(17)9-7-11)18-15(19)13-4-2-3-5-14(13)16(20)21/h2-10H,1H3,(H,18,19)(H,20,21). The van der Waals surface area contributed by atoms with Crippen LogP contribution in [-0.2, 0) is 0 Å². The van der Waals surface area contributed by atoms with Gasteiger partial charge in [0.1, 0.15) is 0 Å². The maximum Gasteiger partial charge on any atom is 0.336 e. The van der Waals surface area contributed by atoms with Crippen LogP contribution in [0.2, 0.25) is 5.02 Å². The highest BCUT2D eigenvalue weighted by Gasteiger charge is 2.17. The van der Waals surface area contributed by atoms with E-state index in [4.69, 9.17) is 16.7 Å². The van der Waals surface area contributed by atoms with Crippen LogP contribution in [0.5, 0.6) is 0 Å². The van der Waals surface area contributed by atoms with Crippen molar-refractivity contribution in [1.29, 1.82) is 0 Å². The summed E-state index contributed by atoms with van der Waals surface area (Å²) in [5, 5.41) is 12.5. The van der Waals surface area contributed by atoms with Gasteiger partial charge in [-0.15, -0.1) is 0 Å². The van der Waals surface area contributed by atoms with Gasteiger partial charge < -0.3 is 10.4 Å². The Hall–Kier alpha value is -2.33. The van der Waals surface area contributed by atoms with Crippen LogP contribution in [0, 0.1) is 0 Å². The molecule has 0 aliphatic carbocycles. The number of rotatable bonds is 4. The molecule has 108 valence electrons. The second-order valence-electron chi connectivity index (χ2n) is 4.60. The lowest BCUT2D eigenvalue weighted by atomic mass is 10.0. The van der Waals surface area contributed by atoms with E-state index < -0.39 is 11.9 Å². The molecule has 0 aromatic heterocycles. The van der Waals surface area contributed by atoms with E-state index >= 15 is 0 Å². The van der Waals surface area contributed by atoms with Crippen molar-refractivity contribution in [2.24, 2.45) is 0 Å². The van der Waals surface area contributed by atoms with E-state index in [0.717, 1.165) is 5.56 Å². The number of carboxylic acid groups (broad SMARTS) is 1. The maximum absolute atomic E-state index is 12.2. The number of carbonyl (C=O) groups excluding carboxylic acids is 1. The van der Waals surface area contributed by atoms with Crippen LogP contribution in [0.15, 0.2) is 48.5 Å². The van der Waals surface area contributed by atoms with Gasteiger partial charge in [0.2, 0.25) is 0 Å². The lowest BCUT2D eigenvalue weighted by Crippen LogP contribution is -2.28. The Morgan fingerprint density at radius 3 is 2.19 bits per heavy atom. The number of nitrogens with one attached hydrogen (secondary N) is 1. The molecule has 21 heavy (non-hydrogen) atoms. The fourth-order valence-electron chi connectivity index (χ4n) is 1.98. The molecule has 2 rings (SSSR count). The van der Waals surface area contributed by atoms with Crippen molar-refractivity contribution >= 4 is 23.5 Å². The molecule has 0 aliphatic heterocycles. The minimum atomic E-state index is -1.13. The van der Waals surface area contributed by atoms with Crippen LogP contribution < -0.4 is 5.32 Å². The van der Waals surface area contributed by atoms with Crippen molar-refractivity contribution < 1.29 is 14.7 Å². The summed E-state index contributed by atoms with van der Waals surface area (Å²) in [5.74, 6) is -1.55. The summed E-state index contributed by atoms with van der Waals surface area (Å²) in [5.41, 5.74) is 1.02. The van der Waals surface area contributed by atoms with E-state index in [9.17, 15) is 9.59 Å². The van der Waals surface area contributed by atoms with Crippen molar-refractivity contribution in [2.45, 2.75) is 13.0 Å². The molecule has 0 aliphatic rings. The largest absolute Gasteiger partial charge is 0.478 e. The van der Waals surface area contributed by atoms with Crippen LogP contribution in [-0.4, -0.2) is 17.0 Å². The average molecular weight is 304 g/mol. The van der Waals surface area contributed by atoms with E-state index in [0.29, 0.717) is 5.02 Å². The molecule has 0 fully saturated rings. The van der Waals surface area contributed by atoms with Crippen molar-refractivity contribution in [3.05, 3.63) is 70.2 Å². The fraction of sp³-hybridized carbons (Fsp3) is 0.125. The van der Waals surface area contributed by atoms with E-state index in [1.807, 2.05) is 19.1 Å². The lowest BCUT2D eigenvalue weighted by Gasteiger charge is -2.15. The summed E-state index contributed by atoms with van der Waals surface area (Å²) in [6.07, 6.45) is 0. The minimum absolute atomic E-state index is 0.0155. The quantitative estimate of drug-likeness (QED) is 0.908. The highest BCUT2D eigenvalue weighted by Crippen LogP contribution is 2.17. The number of halogens is 1. The second kappa shape index (κ2) is 6.41. The van der Waals surface area contributed by atoms with Crippen molar-refractivity contribution in [3.63, 3.8) is 0 Å². The monoisotopic (exact) mass is 303 g/mol. The molecule has 0 saturated carbocycles. The summed E-state index contributed by atoms with van der Waals surface area (Å²) in [4.78, 5) is 23.3. The van der Waals surface area contributed by atoms with Gasteiger partial charge in [0.25, 0.3) is 5.91 Å².